The molecule has 0 bridgehead atoms. The number of benzene rings is 1. The molecule has 1 rings (SSSR count). The molecule has 0 saturated heterocycles. The van der Waals surface area contributed by atoms with E-state index in [-0.39, 0.29) is 6.61 Å². The molecule has 2 amide bonds. The maximum atomic E-state index is 11.4. The largest absolute Gasteiger partial charge is 0.478 e. The monoisotopic (exact) mass is 253 g/mol. The van der Waals surface area contributed by atoms with E-state index < -0.39 is 17.9 Å². The van der Waals surface area contributed by atoms with Crippen LogP contribution in [0.1, 0.15) is 10.4 Å². The number of hydrogen-bond acceptors (Lipinski definition) is 5. The molecule has 0 radical (unpaired) electrons. The average molecular weight is 253 g/mol. The molecule has 0 aliphatic heterocycles. The maximum Gasteiger partial charge on any atom is 0.277 e. The predicted octanol–water partition coefficient (Wildman–Crippen LogP) is -0.831. The Kier molecular flexibility index (Phi) is 5.09. The smallest absolute Gasteiger partial charge is 0.277 e. The fraction of sp³-hybridized carbons (Fsp3) is 0.273. The first-order valence-electron chi connectivity index (χ1n) is 5.14. The highest BCUT2D eigenvalue weighted by Gasteiger charge is 2.19. The molecule has 0 saturated carbocycles. The summed E-state index contributed by atoms with van der Waals surface area (Å²) in [4.78, 5) is 22.2. The van der Waals surface area contributed by atoms with Crippen molar-refractivity contribution in [1.29, 1.82) is 0 Å². The van der Waals surface area contributed by atoms with Gasteiger partial charge in [0.25, 0.3) is 5.91 Å². The summed E-state index contributed by atoms with van der Waals surface area (Å²) in [5.74, 6) is 4.40. The number of rotatable bonds is 6. The summed E-state index contributed by atoms with van der Waals surface area (Å²) in [6.07, 6.45) is -0.862. The Bertz CT molecular complexity index is 419. The molecule has 0 spiro atoms. The van der Waals surface area contributed by atoms with Gasteiger partial charge in [-0.25, -0.2) is 5.84 Å². The van der Waals surface area contributed by atoms with Crippen molar-refractivity contribution in [2.45, 2.75) is 6.10 Å². The van der Waals surface area contributed by atoms with Crippen LogP contribution in [-0.4, -0.2) is 31.6 Å². The van der Waals surface area contributed by atoms with Crippen molar-refractivity contribution >= 4 is 11.8 Å². The third-order valence-electron chi connectivity index (χ3n) is 2.17. The van der Waals surface area contributed by atoms with E-state index in [1.165, 1.54) is 31.4 Å². The maximum absolute atomic E-state index is 11.4. The Labute approximate surface area is 104 Å². The lowest BCUT2D eigenvalue weighted by Gasteiger charge is -2.16. The summed E-state index contributed by atoms with van der Waals surface area (Å²) in [7, 11) is 1.44. The fourth-order valence-electron chi connectivity index (χ4n) is 1.27. The number of amides is 2. The highest BCUT2D eigenvalue weighted by Crippen LogP contribution is 2.14. The van der Waals surface area contributed by atoms with Gasteiger partial charge in [-0.15, -0.1) is 0 Å². The van der Waals surface area contributed by atoms with Crippen molar-refractivity contribution < 1.29 is 19.1 Å². The van der Waals surface area contributed by atoms with Gasteiger partial charge in [0.05, 0.1) is 6.61 Å². The van der Waals surface area contributed by atoms with Crippen molar-refractivity contribution in [3.8, 4) is 5.75 Å². The number of ether oxygens (including phenoxy) is 2. The lowest BCUT2D eigenvalue weighted by atomic mass is 10.2. The van der Waals surface area contributed by atoms with E-state index in [1.54, 1.807) is 0 Å². The second-order valence-corrected chi connectivity index (χ2v) is 3.46. The first-order valence-corrected chi connectivity index (χ1v) is 5.14. The zero-order valence-corrected chi connectivity index (χ0v) is 9.88. The zero-order chi connectivity index (χ0) is 13.5. The SMILES string of the molecule is COCC(Oc1ccc(C(N)=O)cc1)C(=O)NN. The third kappa shape index (κ3) is 3.72. The van der Waals surface area contributed by atoms with Crippen molar-refractivity contribution in [2.24, 2.45) is 11.6 Å². The van der Waals surface area contributed by atoms with Crippen molar-refractivity contribution in [3.05, 3.63) is 29.8 Å². The van der Waals surface area contributed by atoms with Crippen LogP contribution in [0.25, 0.3) is 0 Å². The van der Waals surface area contributed by atoms with Crippen LogP contribution < -0.4 is 21.7 Å². The van der Waals surface area contributed by atoms with Crippen LogP contribution in [0.3, 0.4) is 0 Å². The van der Waals surface area contributed by atoms with Crippen molar-refractivity contribution in [1.82, 2.24) is 5.43 Å². The van der Waals surface area contributed by atoms with Gasteiger partial charge in [0, 0.05) is 12.7 Å². The number of nitrogens with one attached hydrogen (secondary N) is 1. The van der Waals surface area contributed by atoms with Gasteiger partial charge in [0.2, 0.25) is 12.0 Å². The molecule has 1 aromatic rings. The number of primary amides is 1. The molecule has 0 aromatic heterocycles. The molecule has 1 unspecified atom stereocenters. The molecule has 7 nitrogen and oxygen atoms in total. The minimum Gasteiger partial charge on any atom is -0.478 e. The van der Waals surface area contributed by atoms with Crippen LogP contribution in [0.5, 0.6) is 5.75 Å². The molecule has 0 aliphatic carbocycles. The fourth-order valence-corrected chi connectivity index (χ4v) is 1.27. The Morgan fingerprint density at radius 1 is 1.33 bits per heavy atom. The summed E-state index contributed by atoms with van der Waals surface area (Å²) in [6, 6.07) is 6.07. The first kappa shape index (κ1) is 13.9. The Morgan fingerprint density at radius 2 is 1.94 bits per heavy atom. The van der Waals surface area contributed by atoms with Crippen LogP contribution in [0.4, 0.5) is 0 Å². The van der Waals surface area contributed by atoms with E-state index in [1.807, 2.05) is 5.43 Å². The molecule has 0 aliphatic rings. The summed E-state index contributed by atoms with van der Waals surface area (Å²) in [5.41, 5.74) is 7.44. The van der Waals surface area contributed by atoms with Gasteiger partial charge < -0.3 is 15.2 Å². The van der Waals surface area contributed by atoms with Gasteiger partial charge in [-0.05, 0) is 24.3 Å². The van der Waals surface area contributed by atoms with Gasteiger partial charge in [-0.3, -0.25) is 15.0 Å². The van der Waals surface area contributed by atoms with E-state index >= 15 is 0 Å². The number of nitrogens with two attached hydrogens (primary N) is 2. The predicted molar refractivity (Wildman–Crippen MR) is 63.6 cm³/mol. The van der Waals surface area contributed by atoms with Crippen LogP contribution in [-0.2, 0) is 9.53 Å². The normalized spacial score (nSPS) is 11.7. The Morgan fingerprint density at radius 3 is 2.39 bits per heavy atom. The van der Waals surface area contributed by atoms with Crippen LogP contribution in [0.2, 0.25) is 0 Å². The average Bonchev–Trinajstić information content (AvgIpc) is 2.38. The molecule has 0 heterocycles. The second kappa shape index (κ2) is 6.58. The van der Waals surface area contributed by atoms with E-state index in [9.17, 15) is 9.59 Å². The third-order valence-corrected chi connectivity index (χ3v) is 2.17. The van der Waals surface area contributed by atoms with Crippen LogP contribution >= 0.6 is 0 Å². The topological polar surface area (TPSA) is 117 Å². The lowest BCUT2D eigenvalue weighted by molar-refractivity contribution is -0.130. The highest BCUT2D eigenvalue weighted by atomic mass is 16.5. The van der Waals surface area contributed by atoms with Gasteiger partial charge in [0.1, 0.15) is 5.75 Å². The van der Waals surface area contributed by atoms with Crippen LogP contribution in [0.15, 0.2) is 24.3 Å². The zero-order valence-electron chi connectivity index (χ0n) is 9.88. The van der Waals surface area contributed by atoms with Crippen molar-refractivity contribution in [2.75, 3.05) is 13.7 Å². The number of carbonyl (C=O) groups excluding carboxylic acids is 2. The second-order valence-electron chi connectivity index (χ2n) is 3.46. The molecule has 5 N–H and O–H groups in total. The van der Waals surface area contributed by atoms with Crippen molar-refractivity contribution in [3.63, 3.8) is 0 Å². The first-order chi connectivity index (χ1) is 8.58. The molecule has 18 heavy (non-hydrogen) atoms. The van der Waals surface area contributed by atoms with E-state index in [0.717, 1.165) is 0 Å². The molecule has 1 atom stereocenters. The summed E-state index contributed by atoms with van der Waals surface area (Å²) in [6.45, 7) is 0.0562. The van der Waals surface area contributed by atoms with Gasteiger partial charge in [-0.1, -0.05) is 0 Å². The number of hydrazine groups is 1. The molecular weight excluding hydrogens is 238 g/mol. The quantitative estimate of drug-likeness (QED) is 0.347. The number of carbonyl (C=O) groups is 2. The Hall–Kier alpha value is -2.12. The van der Waals surface area contributed by atoms with Gasteiger partial charge >= 0.3 is 0 Å². The molecule has 1 aromatic carbocycles. The summed E-state index contributed by atoms with van der Waals surface area (Å²) >= 11 is 0. The van der Waals surface area contributed by atoms with Gasteiger partial charge in [0.15, 0.2) is 0 Å². The molecule has 7 heteroatoms. The Balaban J connectivity index is 2.74. The van der Waals surface area contributed by atoms with E-state index in [0.29, 0.717) is 11.3 Å². The highest BCUT2D eigenvalue weighted by molar-refractivity contribution is 5.92. The van der Waals surface area contributed by atoms with Gasteiger partial charge in [-0.2, -0.15) is 0 Å². The molecule has 98 valence electrons. The molecule has 0 fully saturated rings. The number of methoxy groups -OCH3 is 1. The molecular formula is C11H15N3O4. The summed E-state index contributed by atoms with van der Waals surface area (Å²) in [5, 5.41) is 0. The standard InChI is InChI=1S/C11H15N3O4/c1-17-6-9(11(16)14-13)18-8-4-2-7(3-5-8)10(12)15/h2-5,9H,6,13H2,1H3,(H2,12,15)(H,14,16). The minimum atomic E-state index is -0.862. The minimum absolute atomic E-state index is 0.0562. The van der Waals surface area contributed by atoms with E-state index in [2.05, 4.69) is 0 Å². The lowest BCUT2D eigenvalue weighted by Crippen LogP contribution is -2.44. The van der Waals surface area contributed by atoms with Crippen LogP contribution in [0, 0.1) is 0 Å². The number of hydrogen-bond donors (Lipinski definition) is 3. The van der Waals surface area contributed by atoms with E-state index in [4.69, 9.17) is 21.1 Å². The summed E-state index contributed by atoms with van der Waals surface area (Å²) < 4.78 is 10.2.